The molecular weight excluding hydrogens is 272 g/mol. The highest BCUT2D eigenvalue weighted by molar-refractivity contribution is 9.10. The highest BCUT2D eigenvalue weighted by Crippen LogP contribution is 2.10. The number of ketones is 1. The fourth-order valence-corrected chi connectivity index (χ4v) is 1.25. The second-order valence-corrected chi connectivity index (χ2v) is 3.80. The first-order valence-corrected chi connectivity index (χ1v) is 5.31. The number of hydrogen-bond acceptors (Lipinski definition) is 3. The van der Waals surface area contributed by atoms with Crippen molar-refractivity contribution in [3.8, 4) is 11.8 Å². The molecule has 0 amide bonds. The van der Waals surface area contributed by atoms with E-state index in [-0.39, 0.29) is 12.4 Å². The maximum absolute atomic E-state index is 11.5. The second kappa shape index (κ2) is 6.09. The first kappa shape index (κ1) is 12.5. The Kier molecular flexibility index (Phi) is 4.74. The van der Waals surface area contributed by atoms with E-state index in [9.17, 15) is 9.59 Å². The van der Waals surface area contributed by atoms with Crippen molar-refractivity contribution >= 4 is 27.7 Å². The Balaban J connectivity index is 2.55. The van der Waals surface area contributed by atoms with E-state index in [1.165, 1.54) is 6.92 Å². The van der Waals surface area contributed by atoms with Crippen LogP contribution in [0.1, 0.15) is 17.3 Å². The molecule has 82 valence electrons. The molecule has 0 aromatic heterocycles. The Morgan fingerprint density at radius 3 is 2.50 bits per heavy atom. The number of halogens is 1. The molecule has 0 saturated carbocycles. The summed E-state index contributed by atoms with van der Waals surface area (Å²) in [6, 6.07) is 6.82. The monoisotopic (exact) mass is 280 g/mol. The van der Waals surface area contributed by atoms with E-state index in [1.807, 2.05) is 0 Å². The van der Waals surface area contributed by atoms with Gasteiger partial charge in [0, 0.05) is 16.0 Å². The van der Waals surface area contributed by atoms with Gasteiger partial charge in [-0.2, -0.15) is 0 Å². The fourth-order valence-electron chi connectivity index (χ4n) is 0.988. The number of hydrogen-bond donors (Lipinski definition) is 0. The van der Waals surface area contributed by atoms with Crippen molar-refractivity contribution in [2.75, 3.05) is 6.61 Å². The highest BCUT2D eigenvalue weighted by Gasteiger charge is 2.07. The van der Waals surface area contributed by atoms with E-state index in [4.69, 9.17) is 0 Å². The van der Waals surface area contributed by atoms with Crippen LogP contribution in [0.5, 0.6) is 0 Å². The fraction of sp³-hybridized carbons (Fsp3) is 0.167. The molecule has 0 aliphatic heterocycles. The van der Waals surface area contributed by atoms with Crippen LogP contribution in [0.4, 0.5) is 0 Å². The molecule has 1 aromatic rings. The van der Waals surface area contributed by atoms with Gasteiger partial charge in [0.1, 0.15) is 0 Å². The quantitative estimate of drug-likeness (QED) is 0.369. The average molecular weight is 281 g/mol. The number of benzene rings is 1. The van der Waals surface area contributed by atoms with Gasteiger partial charge in [-0.15, -0.1) is 0 Å². The van der Waals surface area contributed by atoms with Crippen LogP contribution < -0.4 is 0 Å². The van der Waals surface area contributed by atoms with Crippen LogP contribution >= 0.6 is 15.9 Å². The van der Waals surface area contributed by atoms with Gasteiger partial charge in [-0.1, -0.05) is 34.0 Å². The third-order valence-corrected chi connectivity index (χ3v) is 2.26. The summed E-state index contributed by atoms with van der Waals surface area (Å²) < 4.78 is 5.54. The van der Waals surface area contributed by atoms with Crippen molar-refractivity contribution in [3.63, 3.8) is 0 Å². The zero-order valence-corrected chi connectivity index (χ0v) is 10.2. The molecule has 0 heterocycles. The summed E-state index contributed by atoms with van der Waals surface area (Å²) in [4.78, 5) is 22.4. The number of Topliss-reactive ketones (excluding diaryl/α,β-unsaturated/α-hetero) is 1. The summed E-state index contributed by atoms with van der Waals surface area (Å²) in [6.07, 6.45) is 0. The van der Waals surface area contributed by atoms with Crippen LogP contribution in [0.25, 0.3) is 0 Å². The summed E-state index contributed by atoms with van der Waals surface area (Å²) in [5, 5.41) is 0. The molecule has 3 nitrogen and oxygen atoms in total. The minimum Gasteiger partial charge on any atom is -0.448 e. The SMILES string of the molecule is CC#CC(=O)OCC(=O)c1ccc(Br)cc1. The third kappa shape index (κ3) is 3.87. The molecule has 0 aliphatic carbocycles. The first-order valence-electron chi connectivity index (χ1n) is 4.51. The molecule has 0 fully saturated rings. The Bertz CT molecular complexity index is 451. The highest BCUT2D eigenvalue weighted by atomic mass is 79.9. The lowest BCUT2D eigenvalue weighted by Crippen LogP contribution is -2.12. The van der Waals surface area contributed by atoms with E-state index in [0.29, 0.717) is 5.56 Å². The van der Waals surface area contributed by atoms with Crippen molar-refractivity contribution in [3.05, 3.63) is 34.3 Å². The van der Waals surface area contributed by atoms with Gasteiger partial charge in [-0.05, 0) is 19.1 Å². The summed E-state index contributed by atoms with van der Waals surface area (Å²) >= 11 is 3.26. The smallest absolute Gasteiger partial charge is 0.384 e. The van der Waals surface area contributed by atoms with Gasteiger partial charge in [0.05, 0.1) is 0 Å². The lowest BCUT2D eigenvalue weighted by molar-refractivity contribution is -0.135. The lowest BCUT2D eigenvalue weighted by Gasteiger charge is -2.00. The van der Waals surface area contributed by atoms with Crippen LogP contribution in [-0.2, 0) is 9.53 Å². The van der Waals surface area contributed by atoms with Gasteiger partial charge in [0.25, 0.3) is 0 Å². The van der Waals surface area contributed by atoms with Crippen LogP contribution in [0.2, 0.25) is 0 Å². The topological polar surface area (TPSA) is 43.4 Å². The summed E-state index contributed by atoms with van der Waals surface area (Å²) in [5.41, 5.74) is 0.500. The number of carbonyl (C=O) groups excluding carboxylic acids is 2. The van der Waals surface area contributed by atoms with Crippen molar-refractivity contribution in [1.82, 2.24) is 0 Å². The molecule has 16 heavy (non-hydrogen) atoms. The normalized spacial score (nSPS) is 8.88. The largest absolute Gasteiger partial charge is 0.448 e. The van der Waals surface area contributed by atoms with Crippen LogP contribution in [0.15, 0.2) is 28.7 Å². The number of ether oxygens (including phenoxy) is 1. The summed E-state index contributed by atoms with van der Waals surface area (Å²) in [6.45, 7) is 1.24. The molecule has 0 N–H and O–H groups in total. The van der Waals surface area contributed by atoms with Crippen LogP contribution in [0.3, 0.4) is 0 Å². The predicted octanol–water partition coefficient (Wildman–Crippen LogP) is 2.20. The maximum atomic E-state index is 11.5. The van der Waals surface area contributed by atoms with Crippen molar-refractivity contribution in [1.29, 1.82) is 0 Å². The summed E-state index contributed by atoms with van der Waals surface area (Å²) in [7, 11) is 0. The van der Waals surface area contributed by atoms with Gasteiger partial charge in [-0.25, -0.2) is 4.79 Å². The molecule has 1 aromatic carbocycles. The molecule has 1 rings (SSSR count). The molecular formula is C12H9BrO3. The zero-order valence-electron chi connectivity index (χ0n) is 8.62. The second-order valence-electron chi connectivity index (χ2n) is 2.88. The molecule has 4 heteroatoms. The Labute approximate surface area is 102 Å². The third-order valence-electron chi connectivity index (χ3n) is 1.73. The molecule has 0 atom stereocenters. The molecule has 0 aliphatic rings. The predicted molar refractivity (Wildman–Crippen MR) is 62.9 cm³/mol. The molecule has 0 spiro atoms. The van der Waals surface area contributed by atoms with Crippen molar-refractivity contribution < 1.29 is 14.3 Å². The van der Waals surface area contributed by atoms with Gasteiger partial charge < -0.3 is 4.74 Å². The van der Waals surface area contributed by atoms with E-state index < -0.39 is 5.97 Å². The minimum absolute atomic E-state index is 0.251. The number of carbonyl (C=O) groups is 2. The Morgan fingerprint density at radius 1 is 1.31 bits per heavy atom. The first-order chi connectivity index (χ1) is 7.63. The molecule has 0 unspecified atom stereocenters. The van der Waals surface area contributed by atoms with E-state index in [2.05, 4.69) is 32.5 Å². The Morgan fingerprint density at radius 2 is 1.94 bits per heavy atom. The lowest BCUT2D eigenvalue weighted by atomic mass is 10.1. The van der Waals surface area contributed by atoms with Crippen molar-refractivity contribution in [2.24, 2.45) is 0 Å². The van der Waals surface area contributed by atoms with Gasteiger partial charge in [0.15, 0.2) is 12.4 Å². The van der Waals surface area contributed by atoms with E-state index >= 15 is 0 Å². The standard InChI is InChI=1S/C12H9BrO3/c1-2-3-12(15)16-8-11(14)9-4-6-10(13)7-5-9/h4-7H,8H2,1H3. The van der Waals surface area contributed by atoms with E-state index in [0.717, 1.165) is 4.47 Å². The number of esters is 1. The van der Waals surface area contributed by atoms with E-state index in [1.54, 1.807) is 24.3 Å². The zero-order chi connectivity index (χ0) is 12.0. The van der Waals surface area contributed by atoms with Gasteiger partial charge >= 0.3 is 5.97 Å². The van der Waals surface area contributed by atoms with Gasteiger partial charge in [0.2, 0.25) is 0 Å². The molecule has 0 saturated heterocycles. The average Bonchev–Trinajstić information content (AvgIpc) is 2.27. The van der Waals surface area contributed by atoms with Crippen molar-refractivity contribution in [2.45, 2.75) is 6.92 Å². The Hall–Kier alpha value is -1.60. The minimum atomic E-state index is -0.687. The number of rotatable bonds is 3. The van der Waals surface area contributed by atoms with Gasteiger partial charge in [-0.3, -0.25) is 4.79 Å². The maximum Gasteiger partial charge on any atom is 0.384 e. The van der Waals surface area contributed by atoms with Crippen LogP contribution in [-0.4, -0.2) is 18.4 Å². The molecule has 0 bridgehead atoms. The van der Waals surface area contributed by atoms with Crippen LogP contribution in [0, 0.1) is 11.8 Å². The molecule has 0 radical (unpaired) electrons. The summed E-state index contributed by atoms with van der Waals surface area (Å²) in [5.74, 6) is 3.65.